The van der Waals surface area contributed by atoms with Gasteiger partial charge in [0.15, 0.2) is 0 Å². The van der Waals surface area contributed by atoms with Gasteiger partial charge in [-0.1, -0.05) is 25.7 Å². The Hall–Kier alpha value is -2.21. The lowest BCUT2D eigenvalue weighted by Gasteiger charge is -2.15. The van der Waals surface area contributed by atoms with E-state index in [1.54, 1.807) is 11.3 Å². The first-order valence-corrected chi connectivity index (χ1v) is 10.8. The number of hydrogen-bond acceptors (Lipinski definition) is 4. The van der Waals surface area contributed by atoms with Crippen molar-refractivity contribution >= 4 is 28.3 Å². The maximum Gasteiger partial charge on any atom is 0.226 e. The quantitative estimate of drug-likeness (QED) is 0.658. The van der Waals surface area contributed by atoms with Gasteiger partial charge in [0.05, 0.1) is 12.1 Å². The normalized spacial score (nSPS) is 15.7. The summed E-state index contributed by atoms with van der Waals surface area (Å²) >= 11 is 1.60. The van der Waals surface area contributed by atoms with Crippen LogP contribution in [0.2, 0.25) is 0 Å². The molecule has 3 aromatic rings. The van der Waals surface area contributed by atoms with Gasteiger partial charge in [0.1, 0.15) is 10.7 Å². The van der Waals surface area contributed by atoms with Crippen molar-refractivity contribution < 1.29 is 4.79 Å². The van der Waals surface area contributed by atoms with Gasteiger partial charge in [0.25, 0.3) is 0 Å². The highest BCUT2D eigenvalue weighted by Crippen LogP contribution is 2.32. The Morgan fingerprint density at radius 1 is 1.30 bits per heavy atom. The summed E-state index contributed by atoms with van der Waals surface area (Å²) in [7, 11) is 0. The fourth-order valence-corrected chi connectivity index (χ4v) is 4.76. The van der Waals surface area contributed by atoms with Crippen LogP contribution in [0.5, 0.6) is 0 Å². The van der Waals surface area contributed by atoms with E-state index in [1.165, 1.54) is 25.7 Å². The van der Waals surface area contributed by atoms with Crippen molar-refractivity contribution in [2.24, 2.45) is 0 Å². The van der Waals surface area contributed by atoms with Crippen molar-refractivity contribution in [1.29, 1.82) is 0 Å². The molecule has 1 aliphatic rings. The first-order chi connectivity index (χ1) is 13.2. The third-order valence-electron chi connectivity index (χ3n) is 5.32. The summed E-state index contributed by atoms with van der Waals surface area (Å²) in [5.41, 5.74) is 2.93. The maximum atomic E-state index is 12.4. The Kier molecular flexibility index (Phi) is 5.53. The third kappa shape index (κ3) is 4.05. The van der Waals surface area contributed by atoms with Crippen molar-refractivity contribution in [3.05, 3.63) is 35.6 Å². The van der Waals surface area contributed by atoms with Gasteiger partial charge in [-0.3, -0.25) is 4.79 Å². The molecule has 1 aliphatic carbocycles. The number of hydrogen-bond donors (Lipinski definition) is 1. The monoisotopic (exact) mass is 382 g/mol. The second kappa shape index (κ2) is 8.21. The van der Waals surface area contributed by atoms with Gasteiger partial charge < -0.3 is 9.88 Å². The molecule has 1 N–H and O–H groups in total. The lowest BCUT2D eigenvalue weighted by molar-refractivity contribution is -0.121. The van der Waals surface area contributed by atoms with Crippen LogP contribution in [-0.2, 0) is 17.8 Å². The molecule has 142 valence electrons. The predicted octanol–water partition coefficient (Wildman–Crippen LogP) is 4.56. The lowest BCUT2D eigenvalue weighted by Crippen LogP contribution is -2.35. The zero-order valence-electron chi connectivity index (χ0n) is 15.8. The first kappa shape index (κ1) is 18.2. The molecular formula is C21H26N4OS. The van der Waals surface area contributed by atoms with Crippen molar-refractivity contribution in [3.63, 3.8) is 0 Å². The molecule has 0 unspecified atom stereocenters. The van der Waals surface area contributed by atoms with Crippen LogP contribution >= 0.6 is 11.3 Å². The van der Waals surface area contributed by atoms with Crippen LogP contribution in [0.1, 0.15) is 51.1 Å². The maximum absolute atomic E-state index is 12.4. The number of carbonyl (C=O) groups excluding carboxylic acids is 1. The molecule has 6 heteroatoms. The second-order valence-electron chi connectivity index (χ2n) is 7.28. The van der Waals surface area contributed by atoms with Crippen LogP contribution in [0, 0.1) is 0 Å². The highest BCUT2D eigenvalue weighted by Gasteiger charge is 2.17. The number of nitrogens with one attached hydrogen (secondary N) is 1. The molecule has 0 atom stereocenters. The number of amides is 1. The first-order valence-electron chi connectivity index (χ1n) is 9.92. The molecule has 27 heavy (non-hydrogen) atoms. The molecule has 0 aromatic carbocycles. The minimum absolute atomic E-state index is 0.0939. The van der Waals surface area contributed by atoms with Crippen molar-refractivity contribution in [2.75, 3.05) is 0 Å². The molecule has 0 spiro atoms. The molecule has 5 nitrogen and oxygen atoms in total. The highest BCUT2D eigenvalue weighted by atomic mass is 32.1. The van der Waals surface area contributed by atoms with Crippen LogP contribution in [-0.4, -0.2) is 26.5 Å². The molecule has 1 saturated carbocycles. The van der Waals surface area contributed by atoms with Crippen LogP contribution in [0.25, 0.3) is 21.6 Å². The molecule has 0 saturated heterocycles. The Balaban J connectivity index is 1.48. The minimum Gasteiger partial charge on any atom is -0.353 e. The number of fused-ring (bicyclic) bond motifs is 1. The van der Waals surface area contributed by atoms with Gasteiger partial charge >= 0.3 is 0 Å². The molecule has 3 heterocycles. The Morgan fingerprint density at radius 3 is 2.89 bits per heavy atom. The van der Waals surface area contributed by atoms with E-state index in [2.05, 4.69) is 34.1 Å². The minimum atomic E-state index is 0.0939. The van der Waals surface area contributed by atoms with E-state index in [4.69, 9.17) is 4.98 Å². The molecule has 0 aliphatic heterocycles. The topological polar surface area (TPSA) is 59.8 Å². The van der Waals surface area contributed by atoms with Gasteiger partial charge in [-0.05, 0) is 31.9 Å². The molecule has 0 bridgehead atoms. The summed E-state index contributed by atoms with van der Waals surface area (Å²) in [6.45, 7) is 2.98. The summed E-state index contributed by atoms with van der Waals surface area (Å²) in [4.78, 5) is 21.7. The average molecular weight is 383 g/mol. The van der Waals surface area contributed by atoms with Crippen molar-refractivity contribution in [1.82, 2.24) is 19.9 Å². The van der Waals surface area contributed by atoms with E-state index < -0.39 is 0 Å². The number of aromatic nitrogens is 3. The average Bonchev–Trinajstić information content (AvgIpc) is 3.19. The molecular weight excluding hydrogens is 356 g/mol. The fourth-order valence-electron chi connectivity index (χ4n) is 3.91. The van der Waals surface area contributed by atoms with E-state index >= 15 is 0 Å². The van der Waals surface area contributed by atoms with E-state index in [-0.39, 0.29) is 5.91 Å². The number of thiazole rings is 1. The zero-order chi connectivity index (χ0) is 18.6. The van der Waals surface area contributed by atoms with Crippen molar-refractivity contribution in [3.8, 4) is 10.6 Å². The van der Waals surface area contributed by atoms with E-state index in [0.717, 1.165) is 46.7 Å². The van der Waals surface area contributed by atoms with E-state index in [0.29, 0.717) is 12.5 Å². The standard InChI is InChI=1S/C21H26N4OS/c1-2-25-13-18(17-10-7-11-22-20(17)25)21-24-16(14-27-21)12-19(26)23-15-8-5-3-4-6-9-15/h7,10-11,13-15H,2-6,8-9,12H2,1H3,(H,23,26). The summed E-state index contributed by atoms with van der Waals surface area (Å²) in [6.07, 6.45) is 11.6. The Labute approximate surface area is 163 Å². The summed E-state index contributed by atoms with van der Waals surface area (Å²) in [5, 5.41) is 7.29. The Morgan fingerprint density at radius 2 is 2.11 bits per heavy atom. The van der Waals surface area contributed by atoms with Crippen LogP contribution < -0.4 is 5.32 Å². The van der Waals surface area contributed by atoms with Gasteiger partial charge in [-0.2, -0.15) is 0 Å². The molecule has 0 radical (unpaired) electrons. The smallest absolute Gasteiger partial charge is 0.226 e. The van der Waals surface area contributed by atoms with E-state index in [1.807, 2.05) is 17.6 Å². The molecule has 1 amide bonds. The van der Waals surface area contributed by atoms with Crippen LogP contribution in [0.15, 0.2) is 29.9 Å². The van der Waals surface area contributed by atoms with Gasteiger partial charge in [0, 0.05) is 41.3 Å². The van der Waals surface area contributed by atoms with Gasteiger partial charge in [0.2, 0.25) is 5.91 Å². The van der Waals surface area contributed by atoms with Gasteiger partial charge in [-0.25, -0.2) is 9.97 Å². The summed E-state index contributed by atoms with van der Waals surface area (Å²) in [6, 6.07) is 4.39. The Bertz CT molecular complexity index is 921. The third-order valence-corrected chi connectivity index (χ3v) is 6.24. The van der Waals surface area contributed by atoms with Crippen LogP contribution in [0.3, 0.4) is 0 Å². The molecule has 4 rings (SSSR count). The second-order valence-corrected chi connectivity index (χ2v) is 8.14. The zero-order valence-corrected chi connectivity index (χ0v) is 16.6. The van der Waals surface area contributed by atoms with Crippen LogP contribution in [0.4, 0.5) is 0 Å². The fraction of sp³-hybridized carbons (Fsp3) is 0.476. The number of aryl methyl sites for hydroxylation is 1. The number of rotatable bonds is 5. The SMILES string of the molecule is CCn1cc(-c2nc(CC(=O)NC3CCCCCC3)cs2)c2cccnc21. The van der Waals surface area contributed by atoms with Gasteiger partial charge in [-0.15, -0.1) is 11.3 Å². The van der Waals surface area contributed by atoms with Crippen molar-refractivity contribution in [2.45, 2.75) is 64.5 Å². The lowest BCUT2D eigenvalue weighted by atomic mass is 10.1. The molecule has 3 aromatic heterocycles. The van der Waals surface area contributed by atoms with E-state index in [9.17, 15) is 4.79 Å². The molecule has 1 fully saturated rings. The number of carbonyl (C=O) groups is 1. The summed E-state index contributed by atoms with van der Waals surface area (Å²) in [5.74, 6) is 0.0939. The predicted molar refractivity (Wildman–Crippen MR) is 110 cm³/mol. The number of nitrogens with zero attached hydrogens (tertiary/aromatic N) is 3. The number of pyridine rings is 1. The summed E-state index contributed by atoms with van der Waals surface area (Å²) < 4.78 is 2.14. The largest absolute Gasteiger partial charge is 0.353 e. The highest BCUT2D eigenvalue weighted by molar-refractivity contribution is 7.13.